The molecule has 0 radical (unpaired) electrons. The van der Waals surface area contributed by atoms with Crippen molar-refractivity contribution in [3.63, 3.8) is 0 Å². The Kier molecular flexibility index (Phi) is 5.88. The van der Waals surface area contributed by atoms with Crippen LogP contribution < -0.4 is 10.2 Å². The molecule has 1 unspecified atom stereocenters. The number of hydrogen-bond donors (Lipinski definition) is 1. The molecule has 6 rings (SSSR count). The molecule has 0 aliphatic carbocycles. The van der Waals surface area contributed by atoms with Gasteiger partial charge in [0.2, 0.25) is 21.8 Å². The molecular formula is C26H24FN5O5S. The van der Waals surface area contributed by atoms with Crippen LogP contribution in [0.3, 0.4) is 0 Å². The number of aromatic nitrogens is 1. The van der Waals surface area contributed by atoms with Crippen molar-refractivity contribution in [2.24, 2.45) is 0 Å². The van der Waals surface area contributed by atoms with Gasteiger partial charge in [0.05, 0.1) is 4.90 Å². The first-order valence-corrected chi connectivity index (χ1v) is 13.7. The van der Waals surface area contributed by atoms with Crippen molar-refractivity contribution in [1.29, 1.82) is 0 Å². The Bertz CT molecular complexity index is 1600. The number of piperazine rings is 1. The Morgan fingerprint density at radius 3 is 2.58 bits per heavy atom. The second kappa shape index (κ2) is 9.14. The van der Waals surface area contributed by atoms with E-state index in [0.717, 1.165) is 5.39 Å². The van der Waals surface area contributed by atoms with Crippen LogP contribution in [0.2, 0.25) is 0 Å². The second-order valence-corrected chi connectivity index (χ2v) is 11.5. The maximum absolute atomic E-state index is 14.7. The van der Waals surface area contributed by atoms with E-state index in [1.807, 2.05) is 11.0 Å². The van der Waals surface area contributed by atoms with Crippen LogP contribution in [-0.4, -0.2) is 72.5 Å². The lowest BCUT2D eigenvalue weighted by atomic mass is 10.0. The van der Waals surface area contributed by atoms with Crippen molar-refractivity contribution < 1.29 is 27.2 Å². The third-order valence-corrected chi connectivity index (χ3v) is 9.39. The zero-order chi connectivity index (χ0) is 26.6. The molecule has 12 heteroatoms. The number of fused-ring (bicyclic) bond motifs is 2. The number of pyridine rings is 1. The van der Waals surface area contributed by atoms with E-state index >= 15 is 0 Å². The summed E-state index contributed by atoms with van der Waals surface area (Å²) in [5, 5.41) is 3.59. The highest BCUT2D eigenvalue weighted by atomic mass is 32.2. The Morgan fingerprint density at radius 2 is 1.82 bits per heavy atom. The van der Waals surface area contributed by atoms with Gasteiger partial charge in [0.1, 0.15) is 11.9 Å². The van der Waals surface area contributed by atoms with Crippen molar-refractivity contribution in [3.05, 3.63) is 65.7 Å². The van der Waals surface area contributed by atoms with E-state index in [1.165, 1.54) is 21.3 Å². The summed E-state index contributed by atoms with van der Waals surface area (Å²) in [7, 11) is -3.79. The first kappa shape index (κ1) is 24.4. The summed E-state index contributed by atoms with van der Waals surface area (Å²) in [5.41, 5.74) is 1.29. The molecule has 3 amide bonds. The summed E-state index contributed by atoms with van der Waals surface area (Å²) >= 11 is 0. The molecule has 3 aliphatic heterocycles. The fourth-order valence-corrected chi connectivity index (χ4v) is 7.15. The first-order chi connectivity index (χ1) is 18.2. The first-order valence-electron chi connectivity index (χ1n) is 12.3. The number of nitrogens with one attached hydrogen (secondary N) is 1. The van der Waals surface area contributed by atoms with Gasteiger partial charge in [-0.3, -0.25) is 24.7 Å². The molecule has 3 aromatic rings. The Hall–Kier alpha value is -3.90. The predicted octanol–water partition coefficient (Wildman–Crippen LogP) is 1.65. The average Bonchev–Trinajstić information content (AvgIpc) is 3.23. The van der Waals surface area contributed by atoms with Crippen molar-refractivity contribution >= 4 is 44.2 Å². The standard InChI is InChI=1S/C26H24FN5O5S/c27-17-12-19-20(15-32(26(19)35)21-4-5-24(33)29-25(21)34)22(13-17)30-8-10-31(11-9-30)38(36,37)23-3-1-2-16-14-28-7-6-18(16)23/h1-3,6-7,12-14,21H,4-5,8-11,15H2,(H,29,33,34). The van der Waals surface area contributed by atoms with Gasteiger partial charge >= 0.3 is 0 Å². The quantitative estimate of drug-likeness (QED) is 0.503. The van der Waals surface area contributed by atoms with Gasteiger partial charge < -0.3 is 9.80 Å². The topological polar surface area (TPSA) is 120 Å². The molecule has 2 aromatic carbocycles. The molecule has 1 aromatic heterocycles. The molecule has 38 heavy (non-hydrogen) atoms. The number of carbonyl (C=O) groups excluding carboxylic acids is 3. The molecule has 196 valence electrons. The van der Waals surface area contributed by atoms with Crippen molar-refractivity contribution in [2.75, 3.05) is 31.1 Å². The van der Waals surface area contributed by atoms with E-state index in [9.17, 15) is 27.2 Å². The third kappa shape index (κ3) is 4.00. The highest BCUT2D eigenvalue weighted by Crippen LogP contribution is 2.36. The lowest BCUT2D eigenvalue weighted by Crippen LogP contribution is -2.52. The van der Waals surface area contributed by atoms with Gasteiger partial charge in [-0.25, -0.2) is 12.8 Å². The highest BCUT2D eigenvalue weighted by Gasteiger charge is 2.41. The monoisotopic (exact) mass is 537 g/mol. The second-order valence-electron chi connectivity index (χ2n) is 9.60. The van der Waals surface area contributed by atoms with Crippen LogP contribution in [0.15, 0.2) is 53.7 Å². The third-order valence-electron chi connectivity index (χ3n) is 7.44. The molecule has 1 N–H and O–H groups in total. The zero-order valence-corrected chi connectivity index (χ0v) is 21.1. The normalized spacial score (nSPS) is 20.7. The molecule has 3 aliphatic rings. The van der Waals surface area contributed by atoms with E-state index in [4.69, 9.17) is 0 Å². The molecule has 4 heterocycles. The van der Waals surface area contributed by atoms with Crippen molar-refractivity contribution in [3.8, 4) is 0 Å². The van der Waals surface area contributed by atoms with Crippen LogP contribution >= 0.6 is 0 Å². The number of piperidine rings is 1. The van der Waals surface area contributed by atoms with Crippen LogP contribution in [0.5, 0.6) is 0 Å². The van der Waals surface area contributed by atoms with Crippen LogP contribution in [-0.2, 0) is 26.2 Å². The van der Waals surface area contributed by atoms with Gasteiger partial charge in [-0.1, -0.05) is 12.1 Å². The smallest absolute Gasteiger partial charge is 0.255 e. The molecule has 2 fully saturated rings. The van der Waals surface area contributed by atoms with Crippen molar-refractivity contribution in [1.82, 2.24) is 19.5 Å². The maximum atomic E-state index is 14.7. The van der Waals surface area contributed by atoms with Gasteiger partial charge in [0, 0.05) is 79.1 Å². The van der Waals surface area contributed by atoms with Gasteiger partial charge in [0.15, 0.2) is 0 Å². The Morgan fingerprint density at radius 1 is 1.03 bits per heavy atom. The Labute approximate surface area is 218 Å². The summed E-state index contributed by atoms with van der Waals surface area (Å²) in [4.78, 5) is 44.6. The summed E-state index contributed by atoms with van der Waals surface area (Å²) in [6, 6.07) is 8.47. The summed E-state index contributed by atoms with van der Waals surface area (Å²) in [6.45, 7) is 1.07. The highest BCUT2D eigenvalue weighted by molar-refractivity contribution is 7.89. The molecule has 0 spiro atoms. The minimum Gasteiger partial charge on any atom is -0.369 e. The lowest BCUT2D eigenvalue weighted by molar-refractivity contribution is -0.136. The van der Waals surface area contributed by atoms with E-state index in [2.05, 4.69) is 10.3 Å². The summed E-state index contributed by atoms with van der Waals surface area (Å²) in [6.07, 6.45) is 3.52. The number of nitrogens with zero attached hydrogens (tertiary/aromatic N) is 4. The van der Waals surface area contributed by atoms with Crippen LogP contribution in [0, 0.1) is 5.82 Å². The number of sulfonamides is 1. The number of rotatable bonds is 4. The number of amides is 3. The largest absolute Gasteiger partial charge is 0.369 e. The fraction of sp³-hybridized carbons (Fsp3) is 0.308. The molecule has 0 bridgehead atoms. The lowest BCUT2D eigenvalue weighted by Gasteiger charge is -2.36. The van der Waals surface area contributed by atoms with E-state index < -0.39 is 33.7 Å². The fourth-order valence-electron chi connectivity index (χ4n) is 5.52. The van der Waals surface area contributed by atoms with E-state index in [1.54, 1.807) is 30.6 Å². The zero-order valence-electron chi connectivity index (χ0n) is 20.3. The summed E-state index contributed by atoms with van der Waals surface area (Å²) < 4.78 is 43.1. The minimum absolute atomic E-state index is 0.110. The average molecular weight is 538 g/mol. The molecule has 2 saturated heterocycles. The summed E-state index contributed by atoms with van der Waals surface area (Å²) in [5.74, 6) is -1.96. The molecular weight excluding hydrogens is 513 g/mol. The molecule has 0 saturated carbocycles. The van der Waals surface area contributed by atoms with Crippen molar-refractivity contribution in [2.45, 2.75) is 30.3 Å². The number of anilines is 1. The van der Waals surface area contributed by atoms with Crippen LogP contribution in [0.1, 0.15) is 28.8 Å². The van der Waals surface area contributed by atoms with Gasteiger partial charge in [-0.15, -0.1) is 0 Å². The molecule has 10 nitrogen and oxygen atoms in total. The SMILES string of the molecule is O=C1CCC(N2Cc3c(cc(F)cc3N3CCN(S(=O)(=O)c4cccc5cnccc45)CC3)C2=O)C(=O)N1. The Balaban J connectivity index is 1.24. The maximum Gasteiger partial charge on any atom is 0.255 e. The number of halogens is 1. The van der Waals surface area contributed by atoms with Crippen LogP contribution in [0.4, 0.5) is 10.1 Å². The van der Waals surface area contributed by atoms with Crippen LogP contribution in [0.25, 0.3) is 10.8 Å². The van der Waals surface area contributed by atoms with E-state index in [0.29, 0.717) is 29.7 Å². The minimum atomic E-state index is -3.79. The number of imide groups is 1. The van der Waals surface area contributed by atoms with E-state index in [-0.39, 0.29) is 48.8 Å². The predicted molar refractivity (Wildman–Crippen MR) is 135 cm³/mol. The number of carbonyl (C=O) groups is 3. The number of hydrogen-bond acceptors (Lipinski definition) is 7. The number of benzene rings is 2. The van der Waals surface area contributed by atoms with Gasteiger partial charge in [0.25, 0.3) is 5.91 Å². The van der Waals surface area contributed by atoms with Gasteiger partial charge in [-0.2, -0.15) is 4.31 Å². The molecule has 1 atom stereocenters. The van der Waals surface area contributed by atoms with Gasteiger partial charge in [-0.05, 0) is 30.7 Å².